The van der Waals surface area contributed by atoms with Crippen molar-refractivity contribution >= 4 is 85.7 Å². The number of carbonyl (C=O) groups excluding carboxylic acids is 3. The average molecular weight is 869 g/mol. The summed E-state index contributed by atoms with van der Waals surface area (Å²) in [7, 11) is 0. The lowest BCUT2D eigenvalue weighted by Gasteiger charge is -2.59. The third-order valence-corrected chi connectivity index (χ3v) is 11.3. The predicted molar refractivity (Wildman–Crippen MR) is 146 cm³/mol. The highest BCUT2D eigenvalue weighted by atomic mass is 127. The summed E-state index contributed by atoms with van der Waals surface area (Å²) in [5.41, 5.74) is -3.85. The standard InChI is InChI=1S/C25H17F4I3O6/c26-15-14(21(33)34)16(27)18(29)20(17(15)28)37-23(36)24-4-9-1-10(5-24)7-25(6-9,8-24)38-22(35)12-2-11(30)3-13(31)19(12)32/h2-3,9-10H,1,4-8H2,(H,33,34)/p-1. The number of carboxylic acids is 1. The van der Waals surface area contributed by atoms with Crippen molar-refractivity contribution in [2.45, 2.75) is 44.1 Å². The Labute approximate surface area is 254 Å². The predicted octanol–water partition coefficient (Wildman–Crippen LogP) is 5.52. The van der Waals surface area contributed by atoms with Crippen LogP contribution in [-0.4, -0.2) is 23.5 Å². The number of rotatable bonds is 5. The molecular formula is C25H16F4I3O6-. The monoisotopic (exact) mass is 869 g/mol. The van der Waals surface area contributed by atoms with Gasteiger partial charge in [0, 0.05) is 17.1 Å². The van der Waals surface area contributed by atoms with Crippen molar-refractivity contribution in [2.24, 2.45) is 17.3 Å². The van der Waals surface area contributed by atoms with Gasteiger partial charge in [-0.05, 0) is 124 Å². The van der Waals surface area contributed by atoms with E-state index >= 15 is 0 Å². The van der Waals surface area contributed by atoms with Crippen molar-refractivity contribution in [1.29, 1.82) is 0 Å². The van der Waals surface area contributed by atoms with Gasteiger partial charge in [0.05, 0.1) is 22.5 Å². The Morgan fingerprint density at radius 2 is 1.47 bits per heavy atom. The van der Waals surface area contributed by atoms with Crippen molar-refractivity contribution < 1.29 is 46.5 Å². The zero-order valence-electron chi connectivity index (χ0n) is 19.1. The van der Waals surface area contributed by atoms with Gasteiger partial charge in [0.15, 0.2) is 11.6 Å². The first kappa shape index (κ1) is 28.3. The molecule has 0 amide bonds. The number of benzene rings is 2. The van der Waals surface area contributed by atoms with E-state index in [1.807, 2.05) is 6.07 Å². The maximum absolute atomic E-state index is 14.5. The molecule has 13 heteroatoms. The maximum Gasteiger partial charge on any atom is 0.339 e. The molecule has 0 saturated heterocycles. The molecule has 0 N–H and O–H groups in total. The summed E-state index contributed by atoms with van der Waals surface area (Å²) in [5.74, 6) is -14.6. The quantitative estimate of drug-likeness (QED) is 0.129. The van der Waals surface area contributed by atoms with Crippen LogP contribution in [0.1, 0.15) is 59.2 Å². The van der Waals surface area contributed by atoms with Gasteiger partial charge < -0.3 is 19.4 Å². The number of ether oxygens (including phenoxy) is 2. The van der Waals surface area contributed by atoms with E-state index in [0.29, 0.717) is 31.2 Å². The van der Waals surface area contributed by atoms with Crippen LogP contribution < -0.4 is 9.84 Å². The van der Waals surface area contributed by atoms with Crippen LogP contribution >= 0.6 is 67.8 Å². The van der Waals surface area contributed by atoms with Crippen molar-refractivity contribution in [3.63, 3.8) is 0 Å². The average Bonchev–Trinajstić information content (AvgIpc) is 2.81. The number of aromatic carboxylic acids is 1. The van der Waals surface area contributed by atoms with Crippen LogP contribution in [0.2, 0.25) is 0 Å². The Morgan fingerprint density at radius 1 is 0.895 bits per heavy atom. The molecule has 2 aromatic carbocycles. The van der Waals surface area contributed by atoms with E-state index in [2.05, 4.69) is 67.8 Å². The number of halogens is 7. The van der Waals surface area contributed by atoms with Gasteiger partial charge in [-0.1, -0.05) is 0 Å². The minimum Gasteiger partial charge on any atom is -0.545 e. The fourth-order valence-corrected chi connectivity index (χ4v) is 8.95. The van der Waals surface area contributed by atoms with Gasteiger partial charge >= 0.3 is 11.9 Å². The second-order valence-corrected chi connectivity index (χ2v) is 13.7. The van der Waals surface area contributed by atoms with E-state index in [0.717, 1.165) is 17.1 Å². The summed E-state index contributed by atoms with van der Waals surface area (Å²) in [6.45, 7) is 0. The summed E-state index contributed by atoms with van der Waals surface area (Å²) >= 11 is 6.28. The van der Waals surface area contributed by atoms with Crippen molar-refractivity contribution in [1.82, 2.24) is 0 Å². The van der Waals surface area contributed by atoms with Gasteiger partial charge in [0.25, 0.3) is 0 Å². The molecule has 6 nitrogen and oxygen atoms in total. The molecule has 2 atom stereocenters. The molecule has 4 aliphatic carbocycles. The van der Waals surface area contributed by atoms with Crippen molar-refractivity contribution in [3.05, 3.63) is 57.2 Å². The molecule has 4 aliphatic rings. The first-order chi connectivity index (χ1) is 17.8. The van der Waals surface area contributed by atoms with E-state index in [-0.39, 0.29) is 18.3 Å². The summed E-state index contributed by atoms with van der Waals surface area (Å²) in [4.78, 5) is 37.6. The molecule has 6 rings (SSSR count). The van der Waals surface area contributed by atoms with E-state index in [1.165, 1.54) is 0 Å². The Hall–Kier alpha value is -1.24. The SMILES string of the molecule is O=C(OC12CC3CC(C1)CC(C(=O)Oc1c(F)c(F)c(C(=O)[O-])c(F)c1F)(C3)C2)c1cc(I)cc(I)c1I. The zero-order valence-corrected chi connectivity index (χ0v) is 25.6. The summed E-state index contributed by atoms with van der Waals surface area (Å²) in [6.07, 6.45) is 2.42. The lowest BCUT2D eigenvalue weighted by atomic mass is 9.48. The molecule has 4 saturated carbocycles. The van der Waals surface area contributed by atoms with Crippen LogP contribution in [0, 0.1) is 51.2 Å². The van der Waals surface area contributed by atoms with E-state index in [4.69, 9.17) is 9.47 Å². The summed E-state index contributed by atoms with van der Waals surface area (Å²) < 4.78 is 70.8. The van der Waals surface area contributed by atoms with Crippen LogP contribution in [0.3, 0.4) is 0 Å². The van der Waals surface area contributed by atoms with Crippen LogP contribution in [-0.2, 0) is 9.53 Å². The van der Waals surface area contributed by atoms with Crippen molar-refractivity contribution in [3.8, 4) is 5.75 Å². The van der Waals surface area contributed by atoms with Gasteiger partial charge in [-0.15, -0.1) is 0 Å². The van der Waals surface area contributed by atoms with Crippen molar-refractivity contribution in [2.75, 3.05) is 0 Å². The van der Waals surface area contributed by atoms with Gasteiger partial charge in [-0.2, -0.15) is 8.78 Å². The smallest absolute Gasteiger partial charge is 0.339 e. The van der Waals surface area contributed by atoms with Gasteiger partial charge in [-0.25, -0.2) is 13.6 Å². The maximum atomic E-state index is 14.5. The zero-order chi connectivity index (χ0) is 27.7. The highest BCUT2D eigenvalue weighted by Gasteiger charge is 2.63. The van der Waals surface area contributed by atoms with Crippen LogP contribution in [0.4, 0.5) is 17.6 Å². The van der Waals surface area contributed by atoms with E-state index in [9.17, 15) is 37.1 Å². The Kier molecular flexibility index (Phi) is 7.44. The molecule has 0 heterocycles. The second kappa shape index (κ2) is 9.99. The fraction of sp³-hybridized carbons (Fsp3) is 0.400. The number of carboxylic acid groups (broad SMARTS) is 1. The van der Waals surface area contributed by atoms with Gasteiger partial charge in [-0.3, -0.25) is 4.79 Å². The molecule has 0 spiro atoms. The van der Waals surface area contributed by atoms with Crippen LogP contribution in [0.25, 0.3) is 0 Å². The Balaban J connectivity index is 1.45. The fourth-order valence-electron chi connectivity index (χ4n) is 6.57. The topological polar surface area (TPSA) is 92.7 Å². The van der Waals surface area contributed by atoms with Crippen LogP contribution in [0.5, 0.6) is 5.75 Å². The Bertz CT molecular complexity index is 1370. The number of hydrogen-bond acceptors (Lipinski definition) is 6. The minimum atomic E-state index is -2.46. The third kappa shape index (κ3) is 4.71. The van der Waals surface area contributed by atoms with Gasteiger partial charge in [0.1, 0.15) is 5.60 Å². The molecule has 2 aromatic rings. The normalized spacial score (nSPS) is 27.3. The lowest BCUT2D eigenvalue weighted by molar-refractivity contribution is -0.255. The first-order valence-electron chi connectivity index (χ1n) is 11.4. The molecule has 0 aromatic heterocycles. The molecule has 2 unspecified atom stereocenters. The molecule has 4 bridgehead atoms. The number of carbonyl (C=O) groups is 3. The van der Waals surface area contributed by atoms with Gasteiger partial charge in [0.2, 0.25) is 17.4 Å². The van der Waals surface area contributed by atoms with Crippen LogP contribution in [0.15, 0.2) is 12.1 Å². The summed E-state index contributed by atoms with van der Waals surface area (Å²) in [6, 6.07) is 3.63. The summed E-state index contributed by atoms with van der Waals surface area (Å²) in [5, 5.41) is 10.9. The first-order valence-corrected chi connectivity index (χ1v) is 14.7. The second-order valence-electron chi connectivity index (χ2n) is 10.2. The minimum absolute atomic E-state index is 0.0283. The third-order valence-electron chi connectivity index (χ3n) is 7.58. The van der Waals surface area contributed by atoms with E-state index < -0.39 is 63.5 Å². The molecule has 0 aliphatic heterocycles. The Morgan fingerprint density at radius 3 is 2.03 bits per heavy atom. The molecule has 38 heavy (non-hydrogen) atoms. The molecular weight excluding hydrogens is 853 g/mol. The largest absolute Gasteiger partial charge is 0.545 e. The molecule has 4 fully saturated rings. The van der Waals surface area contributed by atoms with E-state index in [1.54, 1.807) is 6.07 Å². The highest BCUT2D eigenvalue weighted by molar-refractivity contribution is 14.1. The molecule has 0 radical (unpaired) electrons. The number of hydrogen-bond donors (Lipinski definition) is 0. The lowest BCUT2D eigenvalue weighted by Crippen LogP contribution is -2.60. The number of esters is 2. The highest BCUT2D eigenvalue weighted by Crippen LogP contribution is 2.63. The molecule has 202 valence electrons.